The van der Waals surface area contributed by atoms with Gasteiger partial charge < -0.3 is 5.32 Å². The van der Waals surface area contributed by atoms with Crippen molar-refractivity contribution < 1.29 is 4.79 Å². The van der Waals surface area contributed by atoms with Gasteiger partial charge in [-0.05, 0) is 18.9 Å². The van der Waals surface area contributed by atoms with Crippen molar-refractivity contribution in [3.8, 4) is 0 Å². The largest absolute Gasteiger partial charge is 0.350 e. The summed E-state index contributed by atoms with van der Waals surface area (Å²) < 4.78 is 0. The SMILES string of the molecule is O=C(NCc1n[nH]c(=O)c2ccccc12)C1CC1. The Labute approximate surface area is 103 Å². The first-order valence-corrected chi connectivity index (χ1v) is 6.00. The molecule has 1 aliphatic carbocycles. The summed E-state index contributed by atoms with van der Waals surface area (Å²) in [6.07, 6.45) is 1.96. The molecule has 1 aromatic carbocycles. The topological polar surface area (TPSA) is 74.8 Å². The Balaban J connectivity index is 1.89. The minimum absolute atomic E-state index is 0.0760. The lowest BCUT2D eigenvalue weighted by Crippen LogP contribution is -2.25. The number of carbonyl (C=O) groups excluding carboxylic acids is 1. The van der Waals surface area contributed by atoms with E-state index in [-0.39, 0.29) is 17.4 Å². The van der Waals surface area contributed by atoms with Crippen LogP contribution in [0.2, 0.25) is 0 Å². The summed E-state index contributed by atoms with van der Waals surface area (Å²) in [6, 6.07) is 7.26. The molecule has 1 aliphatic rings. The highest BCUT2D eigenvalue weighted by Crippen LogP contribution is 2.28. The normalized spacial score (nSPS) is 14.7. The number of nitrogens with zero attached hydrogens (tertiary/aromatic N) is 1. The van der Waals surface area contributed by atoms with Gasteiger partial charge in [0.2, 0.25) is 5.91 Å². The fraction of sp³-hybridized carbons (Fsp3) is 0.308. The summed E-state index contributed by atoms with van der Waals surface area (Å²) in [7, 11) is 0. The summed E-state index contributed by atoms with van der Waals surface area (Å²) >= 11 is 0. The molecule has 0 bridgehead atoms. The lowest BCUT2D eigenvalue weighted by atomic mass is 10.1. The van der Waals surface area contributed by atoms with Gasteiger partial charge in [-0.1, -0.05) is 18.2 Å². The van der Waals surface area contributed by atoms with Crippen LogP contribution in [0.4, 0.5) is 0 Å². The van der Waals surface area contributed by atoms with Crippen molar-refractivity contribution in [2.24, 2.45) is 5.92 Å². The molecule has 1 aromatic heterocycles. The number of aromatic amines is 1. The van der Waals surface area contributed by atoms with Crippen LogP contribution in [-0.2, 0) is 11.3 Å². The maximum atomic E-state index is 11.6. The molecule has 0 unspecified atom stereocenters. The van der Waals surface area contributed by atoms with Crippen LogP contribution in [0.25, 0.3) is 10.8 Å². The molecule has 0 radical (unpaired) electrons. The Morgan fingerprint density at radius 3 is 2.78 bits per heavy atom. The Kier molecular flexibility index (Phi) is 2.59. The van der Waals surface area contributed by atoms with Gasteiger partial charge in [0, 0.05) is 11.3 Å². The molecule has 5 heteroatoms. The lowest BCUT2D eigenvalue weighted by Gasteiger charge is -2.06. The quantitative estimate of drug-likeness (QED) is 0.842. The van der Waals surface area contributed by atoms with Gasteiger partial charge >= 0.3 is 0 Å². The highest BCUT2D eigenvalue weighted by molar-refractivity contribution is 5.84. The van der Waals surface area contributed by atoms with E-state index in [4.69, 9.17) is 0 Å². The second-order valence-electron chi connectivity index (χ2n) is 4.54. The third-order valence-electron chi connectivity index (χ3n) is 3.15. The van der Waals surface area contributed by atoms with E-state index in [1.54, 1.807) is 6.07 Å². The standard InChI is InChI=1S/C13H13N3O2/c17-12(8-5-6-8)14-7-11-9-3-1-2-4-10(9)13(18)16-15-11/h1-4,8H,5-7H2,(H,14,17)(H,16,18). The van der Waals surface area contributed by atoms with E-state index in [1.165, 1.54) is 0 Å². The third kappa shape index (κ3) is 1.99. The number of H-pyrrole nitrogens is 1. The van der Waals surface area contributed by atoms with E-state index in [9.17, 15) is 9.59 Å². The molecule has 92 valence electrons. The summed E-state index contributed by atoms with van der Waals surface area (Å²) in [5.41, 5.74) is 0.488. The van der Waals surface area contributed by atoms with Crippen molar-refractivity contribution >= 4 is 16.7 Å². The lowest BCUT2D eigenvalue weighted by molar-refractivity contribution is -0.122. The Morgan fingerprint density at radius 2 is 2.06 bits per heavy atom. The van der Waals surface area contributed by atoms with Crippen LogP contribution in [0.5, 0.6) is 0 Å². The number of rotatable bonds is 3. The number of hydrogen-bond acceptors (Lipinski definition) is 3. The predicted octanol–water partition coefficient (Wildman–Crippen LogP) is 0.949. The van der Waals surface area contributed by atoms with Crippen LogP contribution in [0.3, 0.4) is 0 Å². The van der Waals surface area contributed by atoms with Crippen molar-refractivity contribution in [1.82, 2.24) is 15.5 Å². The van der Waals surface area contributed by atoms with E-state index in [2.05, 4.69) is 15.5 Å². The third-order valence-corrected chi connectivity index (χ3v) is 3.15. The molecule has 0 saturated heterocycles. The first kappa shape index (κ1) is 11.0. The van der Waals surface area contributed by atoms with Crippen molar-refractivity contribution in [3.05, 3.63) is 40.3 Å². The van der Waals surface area contributed by atoms with Gasteiger partial charge in [-0.25, -0.2) is 5.10 Å². The first-order valence-electron chi connectivity index (χ1n) is 6.00. The molecule has 0 atom stereocenters. The van der Waals surface area contributed by atoms with Gasteiger partial charge in [0.15, 0.2) is 0 Å². The zero-order chi connectivity index (χ0) is 12.5. The van der Waals surface area contributed by atoms with Crippen molar-refractivity contribution in [2.75, 3.05) is 0 Å². The van der Waals surface area contributed by atoms with Crippen LogP contribution >= 0.6 is 0 Å². The number of aromatic nitrogens is 2. The average Bonchev–Trinajstić information content (AvgIpc) is 3.22. The first-order chi connectivity index (χ1) is 8.75. The van der Waals surface area contributed by atoms with E-state index >= 15 is 0 Å². The minimum atomic E-state index is -0.206. The minimum Gasteiger partial charge on any atom is -0.350 e. The molecular weight excluding hydrogens is 230 g/mol. The molecule has 0 aliphatic heterocycles. The maximum absolute atomic E-state index is 11.6. The molecule has 1 saturated carbocycles. The fourth-order valence-electron chi connectivity index (χ4n) is 1.97. The molecule has 2 N–H and O–H groups in total. The Bertz CT molecular complexity index is 659. The van der Waals surface area contributed by atoms with Gasteiger partial charge in [-0.3, -0.25) is 9.59 Å². The monoisotopic (exact) mass is 243 g/mol. The van der Waals surface area contributed by atoms with Gasteiger partial charge in [-0.15, -0.1) is 0 Å². The average molecular weight is 243 g/mol. The van der Waals surface area contributed by atoms with E-state index in [0.29, 0.717) is 17.6 Å². The van der Waals surface area contributed by atoms with Crippen LogP contribution < -0.4 is 10.9 Å². The number of carbonyl (C=O) groups is 1. The second-order valence-corrected chi connectivity index (χ2v) is 4.54. The zero-order valence-corrected chi connectivity index (χ0v) is 9.77. The predicted molar refractivity (Wildman–Crippen MR) is 66.9 cm³/mol. The molecule has 0 spiro atoms. The van der Waals surface area contributed by atoms with Crippen LogP contribution in [0.15, 0.2) is 29.1 Å². The smallest absolute Gasteiger partial charge is 0.272 e. The zero-order valence-electron chi connectivity index (χ0n) is 9.77. The molecule has 2 aromatic rings. The molecule has 5 nitrogen and oxygen atoms in total. The number of hydrogen-bond donors (Lipinski definition) is 2. The summed E-state index contributed by atoms with van der Waals surface area (Å²) in [5, 5.41) is 10.7. The molecular formula is C13H13N3O2. The van der Waals surface area contributed by atoms with E-state index in [0.717, 1.165) is 18.2 Å². The van der Waals surface area contributed by atoms with Crippen molar-refractivity contribution in [1.29, 1.82) is 0 Å². The molecule has 3 rings (SSSR count). The molecule has 1 amide bonds. The van der Waals surface area contributed by atoms with E-state index in [1.807, 2.05) is 18.2 Å². The van der Waals surface area contributed by atoms with Crippen LogP contribution in [0.1, 0.15) is 18.5 Å². The van der Waals surface area contributed by atoms with Crippen LogP contribution in [-0.4, -0.2) is 16.1 Å². The Hall–Kier alpha value is -2.17. The van der Waals surface area contributed by atoms with Gasteiger partial charge in [0.05, 0.1) is 17.6 Å². The maximum Gasteiger partial charge on any atom is 0.272 e. The van der Waals surface area contributed by atoms with Gasteiger partial charge in [0.1, 0.15) is 0 Å². The highest BCUT2D eigenvalue weighted by atomic mass is 16.2. The number of fused-ring (bicyclic) bond motifs is 1. The summed E-state index contributed by atoms with van der Waals surface area (Å²) in [4.78, 5) is 23.2. The van der Waals surface area contributed by atoms with Gasteiger partial charge in [0.25, 0.3) is 5.56 Å². The molecule has 18 heavy (non-hydrogen) atoms. The number of nitrogens with one attached hydrogen (secondary N) is 2. The highest BCUT2D eigenvalue weighted by Gasteiger charge is 2.29. The van der Waals surface area contributed by atoms with Crippen molar-refractivity contribution in [3.63, 3.8) is 0 Å². The number of benzene rings is 1. The second kappa shape index (κ2) is 4.25. The molecule has 1 heterocycles. The molecule has 1 fully saturated rings. The van der Waals surface area contributed by atoms with Gasteiger partial charge in [-0.2, -0.15) is 5.10 Å². The summed E-state index contributed by atoms with van der Waals surface area (Å²) in [5.74, 6) is 0.256. The fourth-order valence-corrected chi connectivity index (χ4v) is 1.97. The van der Waals surface area contributed by atoms with Crippen molar-refractivity contribution in [2.45, 2.75) is 19.4 Å². The van der Waals surface area contributed by atoms with Crippen LogP contribution in [0, 0.1) is 5.92 Å². The Morgan fingerprint density at radius 1 is 1.33 bits per heavy atom. The summed E-state index contributed by atoms with van der Waals surface area (Å²) in [6.45, 7) is 0.354. The van der Waals surface area contributed by atoms with E-state index < -0.39 is 0 Å². The number of amides is 1.